The number of nitrogens with one attached hydrogen (secondary N) is 1. The largest absolute Gasteiger partial charge is 0.315 e. The summed E-state index contributed by atoms with van der Waals surface area (Å²) in [5.41, 5.74) is 2.82. The normalized spacial score (nSPS) is 9.47. The van der Waals surface area contributed by atoms with Gasteiger partial charge in [-0.2, -0.15) is 0 Å². The first-order valence-electron chi connectivity index (χ1n) is 5.49. The van der Waals surface area contributed by atoms with Crippen LogP contribution in [0.15, 0.2) is 24.3 Å². The summed E-state index contributed by atoms with van der Waals surface area (Å²) in [4.78, 5) is 0. The lowest BCUT2D eigenvalue weighted by atomic mass is 10.1. The number of benzene rings is 1. The molecule has 1 rings (SSSR count). The molecule has 15 heavy (non-hydrogen) atoms. The summed E-state index contributed by atoms with van der Waals surface area (Å²) in [6.07, 6.45) is 2.05. The monoisotopic (exact) mass is 201 g/mol. The van der Waals surface area contributed by atoms with Gasteiger partial charge in [0.15, 0.2) is 0 Å². The van der Waals surface area contributed by atoms with Crippen LogP contribution in [0.5, 0.6) is 0 Å². The Bertz CT molecular complexity index is 344. The lowest BCUT2D eigenvalue weighted by Gasteiger charge is -2.05. The van der Waals surface area contributed by atoms with Gasteiger partial charge in [0.25, 0.3) is 0 Å². The van der Waals surface area contributed by atoms with E-state index in [9.17, 15) is 0 Å². The highest BCUT2D eigenvalue weighted by molar-refractivity contribution is 5.25. The number of rotatable bonds is 5. The zero-order valence-corrected chi connectivity index (χ0v) is 9.64. The van der Waals surface area contributed by atoms with E-state index in [4.69, 9.17) is 0 Å². The summed E-state index contributed by atoms with van der Waals surface area (Å²) in [6, 6.07) is 8.55. The van der Waals surface area contributed by atoms with Crippen LogP contribution in [0.1, 0.15) is 24.5 Å². The molecule has 0 fully saturated rings. The highest BCUT2D eigenvalue weighted by Crippen LogP contribution is 2.06. The Morgan fingerprint density at radius 2 is 2.00 bits per heavy atom. The van der Waals surface area contributed by atoms with Gasteiger partial charge in [-0.15, -0.1) is 11.8 Å². The van der Waals surface area contributed by atoms with Crippen LogP contribution in [0, 0.1) is 18.8 Å². The van der Waals surface area contributed by atoms with E-state index in [0.717, 1.165) is 25.9 Å². The lowest BCUT2D eigenvalue weighted by Crippen LogP contribution is -2.18. The van der Waals surface area contributed by atoms with Crippen molar-refractivity contribution in [3.05, 3.63) is 35.4 Å². The van der Waals surface area contributed by atoms with Crippen molar-refractivity contribution < 1.29 is 0 Å². The standard InChI is InChI=1S/C14H19N/c1-3-4-7-11-15-12-10-14-9-6-5-8-13(14)2/h5-6,8-9,15H,7,10-12H2,1-2H3. The molecule has 0 aliphatic carbocycles. The molecule has 0 aliphatic rings. The van der Waals surface area contributed by atoms with E-state index in [1.165, 1.54) is 11.1 Å². The van der Waals surface area contributed by atoms with E-state index in [0.29, 0.717) is 0 Å². The van der Waals surface area contributed by atoms with Crippen molar-refractivity contribution in [2.24, 2.45) is 0 Å². The van der Waals surface area contributed by atoms with Crippen molar-refractivity contribution in [3.8, 4) is 11.8 Å². The van der Waals surface area contributed by atoms with Crippen LogP contribution in [-0.4, -0.2) is 13.1 Å². The molecule has 0 amide bonds. The Balaban J connectivity index is 2.19. The Labute approximate surface area is 92.9 Å². The Hall–Kier alpha value is -1.26. The average molecular weight is 201 g/mol. The van der Waals surface area contributed by atoms with Gasteiger partial charge in [-0.1, -0.05) is 24.3 Å². The third-order valence-corrected chi connectivity index (χ3v) is 2.44. The van der Waals surface area contributed by atoms with Crippen molar-refractivity contribution in [1.29, 1.82) is 0 Å². The van der Waals surface area contributed by atoms with Gasteiger partial charge in [0.1, 0.15) is 0 Å². The highest BCUT2D eigenvalue weighted by Gasteiger charge is 1.95. The van der Waals surface area contributed by atoms with E-state index in [2.05, 4.69) is 48.3 Å². The van der Waals surface area contributed by atoms with E-state index in [-0.39, 0.29) is 0 Å². The third kappa shape index (κ3) is 4.67. The maximum atomic E-state index is 3.39. The zero-order chi connectivity index (χ0) is 10.9. The first-order valence-corrected chi connectivity index (χ1v) is 5.49. The van der Waals surface area contributed by atoms with Crippen LogP contribution < -0.4 is 5.32 Å². The molecule has 1 nitrogen and oxygen atoms in total. The van der Waals surface area contributed by atoms with Crippen LogP contribution in [0.4, 0.5) is 0 Å². The molecule has 1 heteroatoms. The van der Waals surface area contributed by atoms with Crippen LogP contribution in [-0.2, 0) is 6.42 Å². The smallest absolute Gasteiger partial charge is 0.0214 e. The van der Waals surface area contributed by atoms with Crippen LogP contribution >= 0.6 is 0 Å². The number of hydrogen-bond donors (Lipinski definition) is 1. The van der Waals surface area contributed by atoms with E-state index >= 15 is 0 Å². The molecule has 1 aromatic carbocycles. The maximum absolute atomic E-state index is 3.39. The fourth-order valence-corrected chi connectivity index (χ4v) is 1.51. The van der Waals surface area contributed by atoms with Gasteiger partial charge >= 0.3 is 0 Å². The van der Waals surface area contributed by atoms with Gasteiger partial charge in [0.05, 0.1) is 0 Å². The predicted molar refractivity (Wildman–Crippen MR) is 65.8 cm³/mol. The first kappa shape index (κ1) is 11.8. The summed E-state index contributed by atoms with van der Waals surface area (Å²) >= 11 is 0. The molecular formula is C14H19N. The van der Waals surface area contributed by atoms with Crippen molar-refractivity contribution in [2.75, 3.05) is 13.1 Å². The summed E-state index contributed by atoms with van der Waals surface area (Å²) in [6.45, 7) is 6.08. The molecule has 80 valence electrons. The first-order chi connectivity index (χ1) is 7.34. The molecule has 0 heterocycles. The molecule has 1 aromatic rings. The van der Waals surface area contributed by atoms with Gasteiger partial charge in [-0.25, -0.2) is 0 Å². The summed E-state index contributed by atoms with van der Waals surface area (Å²) in [5, 5.41) is 3.39. The van der Waals surface area contributed by atoms with Gasteiger partial charge in [0, 0.05) is 13.0 Å². The van der Waals surface area contributed by atoms with Gasteiger partial charge in [-0.3, -0.25) is 0 Å². The van der Waals surface area contributed by atoms with Gasteiger partial charge < -0.3 is 5.32 Å². The van der Waals surface area contributed by atoms with Crippen molar-refractivity contribution in [1.82, 2.24) is 5.32 Å². The van der Waals surface area contributed by atoms with E-state index in [1.807, 2.05) is 6.92 Å². The molecule has 0 bridgehead atoms. The zero-order valence-electron chi connectivity index (χ0n) is 9.64. The molecule has 0 spiro atoms. The molecule has 1 N–H and O–H groups in total. The Morgan fingerprint density at radius 3 is 2.73 bits per heavy atom. The summed E-state index contributed by atoms with van der Waals surface area (Å²) in [7, 11) is 0. The van der Waals surface area contributed by atoms with Crippen molar-refractivity contribution in [2.45, 2.75) is 26.7 Å². The minimum atomic E-state index is 0.949. The maximum Gasteiger partial charge on any atom is 0.0214 e. The molecule has 0 atom stereocenters. The fraction of sp³-hybridized carbons (Fsp3) is 0.429. The van der Waals surface area contributed by atoms with Crippen molar-refractivity contribution >= 4 is 0 Å². The van der Waals surface area contributed by atoms with Gasteiger partial charge in [0.2, 0.25) is 0 Å². The molecule has 0 saturated heterocycles. The lowest BCUT2D eigenvalue weighted by molar-refractivity contribution is 0.693. The second-order valence-electron chi connectivity index (χ2n) is 3.60. The van der Waals surface area contributed by atoms with Crippen LogP contribution in [0.3, 0.4) is 0 Å². The second kappa shape index (κ2) is 7.09. The van der Waals surface area contributed by atoms with Crippen LogP contribution in [0.2, 0.25) is 0 Å². The summed E-state index contributed by atoms with van der Waals surface area (Å²) < 4.78 is 0. The minimum Gasteiger partial charge on any atom is -0.315 e. The third-order valence-electron chi connectivity index (χ3n) is 2.44. The molecule has 0 radical (unpaired) electrons. The SMILES string of the molecule is CC#CCCNCCc1ccccc1C. The topological polar surface area (TPSA) is 12.0 Å². The average Bonchev–Trinajstić information content (AvgIpc) is 2.25. The number of aryl methyl sites for hydroxylation is 1. The molecule has 0 unspecified atom stereocenters. The van der Waals surface area contributed by atoms with E-state index < -0.39 is 0 Å². The fourth-order valence-electron chi connectivity index (χ4n) is 1.51. The molecule has 0 saturated carbocycles. The Morgan fingerprint density at radius 1 is 1.20 bits per heavy atom. The molecule has 0 aromatic heterocycles. The molecular weight excluding hydrogens is 182 g/mol. The summed E-state index contributed by atoms with van der Waals surface area (Å²) in [5.74, 6) is 5.94. The minimum absolute atomic E-state index is 0.949. The van der Waals surface area contributed by atoms with Gasteiger partial charge in [-0.05, 0) is 37.9 Å². The highest BCUT2D eigenvalue weighted by atomic mass is 14.8. The van der Waals surface area contributed by atoms with Crippen LogP contribution in [0.25, 0.3) is 0 Å². The number of hydrogen-bond acceptors (Lipinski definition) is 1. The van der Waals surface area contributed by atoms with E-state index in [1.54, 1.807) is 0 Å². The quantitative estimate of drug-likeness (QED) is 0.570. The second-order valence-corrected chi connectivity index (χ2v) is 3.60. The molecule has 0 aliphatic heterocycles. The Kier molecular flexibility index (Phi) is 5.58. The predicted octanol–water partition coefficient (Wildman–Crippen LogP) is 2.54. The van der Waals surface area contributed by atoms with Crippen molar-refractivity contribution in [3.63, 3.8) is 0 Å².